The lowest BCUT2D eigenvalue weighted by Gasteiger charge is -2.32. The van der Waals surface area contributed by atoms with Gasteiger partial charge in [-0.2, -0.15) is 9.97 Å². The Morgan fingerprint density at radius 3 is 2.65 bits per heavy atom. The predicted octanol–water partition coefficient (Wildman–Crippen LogP) is 4.29. The number of likely N-dealkylation sites (tertiary alicyclic amines) is 1. The number of hydrogen-bond acceptors (Lipinski definition) is 7. The summed E-state index contributed by atoms with van der Waals surface area (Å²) < 4.78 is 7.83. The number of nitrogen functional groups attached to an aromatic ring is 1. The molecule has 5 rings (SSSR count). The Labute approximate surface area is 196 Å². The van der Waals surface area contributed by atoms with Crippen LogP contribution in [-0.4, -0.2) is 43.4 Å². The number of para-hydroxylation sites is 1. The van der Waals surface area contributed by atoms with Crippen molar-refractivity contribution in [2.45, 2.75) is 18.9 Å². The number of benzene rings is 2. The molecule has 9 nitrogen and oxygen atoms in total. The van der Waals surface area contributed by atoms with Crippen LogP contribution in [0.3, 0.4) is 0 Å². The van der Waals surface area contributed by atoms with E-state index in [0.29, 0.717) is 29.5 Å². The van der Waals surface area contributed by atoms with Crippen molar-refractivity contribution in [2.24, 2.45) is 0 Å². The summed E-state index contributed by atoms with van der Waals surface area (Å²) in [5, 5.41) is 3.21. The number of aromatic nitrogens is 4. The Hall–Kier alpha value is -4.40. The minimum atomic E-state index is -0.0645. The topological polar surface area (TPSA) is 111 Å². The average Bonchev–Trinajstić information content (AvgIpc) is 3.30. The first-order valence-electron chi connectivity index (χ1n) is 11.1. The maximum atomic E-state index is 12.1. The Balaban J connectivity index is 1.36. The third kappa shape index (κ3) is 4.40. The maximum Gasteiger partial charge on any atom is 0.246 e. The van der Waals surface area contributed by atoms with Gasteiger partial charge in [0, 0.05) is 18.8 Å². The van der Waals surface area contributed by atoms with E-state index >= 15 is 0 Å². The van der Waals surface area contributed by atoms with Gasteiger partial charge in [0.1, 0.15) is 17.0 Å². The van der Waals surface area contributed by atoms with Crippen LogP contribution in [0.4, 0.5) is 17.5 Å². The highest BCUT2D eigenvalue weighted by Crippen LogP contribution is 2.28. The molecule has 4 aromatic rings. The summed E-state index contributed by atoms with van der Waals surface area (Å²) in [5.41, 5.74) is 8.17. The normalized spacial score (nSPS) is 15.8. The lowest BCUT2D eigenvalue weighted by Crippen LogP contribution is -2.39. The van der Waals surface area contributed by atoms with Gasteiger partial charge in [-0.3, -0.25) is 4.79 Å². The van der Waals surface area contributed by atoms with Crippen LogP contribution < -0.4 is 15.8 Å². The summed E-state index contributed by atoms with van der Waals surface area (Å²) in [4.78, 5) is 27.4. The molecule has 9 heteroatoms. The van der Waals surface area contributed by atoms with E-state index in [1.807, 2.05) is 59.2 Å². The van der Waals surface area contributed by atoms with Gasteiger partial charge in [-0.1, -0.05) is 24.8 Å². The van der Waals surface area contributed by atoms with E-state index in [4.69, 9.17) is 15.5 Å². The molecule has 1 saturated heterocycles. The van der Waals surface area contributed by atoms with Crippen molar-refractivity contribution in [1.29, 1.82) is 0 Å². The van der Waals surface area contributed by atoms with Crippen LogP contribution >= 0.6 is 0 Å². The molecular weight excluding hydrogens is 430 g/mol. The Morgan fingerprint density at radius 2 is 1.88 bits per heavy atom. The van der Waals surface area contributed by atoms with Crippen LogP contribution in [0.15, 0.2) is 73.6 Å². The number of rotatable bonds is 6. The number of nitrogens with one attached hydrogen (secondary N) is 1. The molecule has 0 spiro atoms. The third-order valence-electron chi connectivity index (χ3n) is 5.81. The number of hydrogen-bond donors (Lipinski definition) is 2. The summed E-state index contributed by atoms with van der Waals surface area (Å²) in [6, 6.07) is 17.2. The fraction of sp³-hybridized carbons (Fsp3) is 0.200. The zero-order chi connectivity index (χ0) is 23.5. The van der Waals surface area contributed by atoms with Crippen molar-refractivity contribution in [1.82, 2.24) is 24.4 Å². The molecule has 0 unspecified atom stereocenters. The molecule has 1 fully saturated rings. The Morgan fingerprint density at radius 1 is 1.12 bits per heavy atom. The summed E-state index contributed by atoms with van der Waals surface area (Å²) in [5.74, 6) is 2.10. The number of nitrogens with zero attached hydrogens (tertiary/aromatic N) is 5. The third-order valence-corrected chi connectivity index (χ3v) is 5.81. The quantitative estimate of drug-likeness (QED) is 0.417. The standard InChI is InChI=1S/C25H25N7O2/c1-2-21(33)31-14-6-7-18(15-31)32-16-27-22-23(26)29-25(30-24(22)32)28-17-10-12-20(13-11-17)34-19-8-4-3-5-9-19/h2-5,8-13,16,18H,1,6-7,14-15H2,(H3,26,28,29,30)/t18-/m0/s1. The highest BCUT2D eigenvalue weighted by Gasteiger charge is 2.25. The number of carbonyl (C=O) groups is 1. The number of carbonyl (C=O) groups excluding carboxylic acids is 1. The van der Waals surface area contributed by atoms with E-state index in [2.05, 4.69) is 21.9 Å². The van der Waals surface area contributed by atoms with Gasteiger partial charge in [-0.15, -0.1) is 0 Å². The van der Waals surface area contributed by atoms with Crippen LogP contribution in [-0.2, 0) is 4.79 Å². The number of piperidine rings is 1. The van der Waals surface area contributed by atoms with Gasteiger partial charge in [-0.05, 0) is 55.3 Å². The molecule has 0 bridgehead atoms. The summed E-state index contributed by atoms with van der Waals surface area (Å²) >= 11 is 0. The second-order valence-corrected chi connectivity index (χ2v) is 8.11. The number of fused-ring (bicyclic) bond motifs is 1. The molecule has 3 N–H and O–H groups in total. The molecule has 0 radical (unpaired) electrons. The molecule has 1 atom stereocenters. The molecule has 3 heterocycles. The van der Waals surface area contributed by atoms with E-state index in [1.54, 1.807) is 11.2 Å². The fourth-order valence-electron chi connectivity index (χ4n) is 4.13. The number of anilines is 3. The van der Waals surface area contributed by atoms with Crippen molar-refractivity contribution in [3.63, 3.8) is 0 Å². The van der Waals surface area contributed by atoms with Gasteiger partial charge in [0.05, 0.1) is 12.4 Å². The lowest BCUT2D eigenvalue weighted by atomic mass is 10.1. The van der Waals surface area contributed by atoms with E-state index < -0.39 is 0 Å². The molecule has 0 aliphatic carbocycles. The van der Waals surface area contributed by atoms with Gasteiger partial charge in [0.15, 0.2) is 11.5 Å². The fourth-order valence-corrected chi connectivity index (χ4v) is 4.13. The SMILES string of the molecule is C=CC(=O)N1CCC[C@H](n2cnc3c(N)nc(Nc4ccc(Oc5ccccc5)cc4)nc32)C1. The van der Waals surface area contributed by atoms with Crippen LogP contribution in [0.2, 0.25) is 0 Å². The first kappa shape index (κ1) is 21.4. The first-order chi connectivity index (χ1) is 16.6. The zero-order valence-electron chi connectivity index (χ0n) is 18.6. The van der Waals surface area contributed by atoms with Crippen LogP contribution in [0.1, 0.15) is 18.9 Å². The van der Waals surface area contributed by atoms with E-state index in [0.717, 1.165) is 36.6 Å². The summed E-state index contributed by atoms with van der Waals surface area (Å²) in [7, 11) is 0. The van der Waals surface area contributed by atoms with Crippen molar-refractivity contribution < 1.29 is 9.53 Å². The molecule has 1 aliphatic heterocycles. The van der Waals surface area contributed by atoms with Gasteiger partial charge < -0.3 is 25.3 Å². The summed E-state index contributed by atoms with van der Waals surface area (Å²) in [6.07, 6.45) is 4.89. The monoisotopic (exact) mass is 455 g/mol. The molecule has 34 heavy (non-hydrogen) atoms. The van der Waals surface area contributed by atoms with Gasteiger partial charge in [0.2, 0.25) is 11.9 Å². The van der Waals surface area contributed by atoms with Crippen molar-refractivity contribution >= 4 is 34.5 Å². The minimum Gasteiger partial charge on any atom is -0.457 e. The lowest BCUT2D eigenvalue weighted by molar-refractivity contribution is -0.127. The number of imidazole rings is 1. The van der Waals surface area contributed by atoms with E-state index in [9.17, 15) is 4.79 Å². The van der Waals surface area contributed by atoms with Gasteiger partial charge >= 0.3 is 0 Å². The Kier molecular flexibility index (Phi) is 5.82. The Bertz CT molecular complexity index is 1320. The number of nitrogens with two attached hydrogens (primary N) is 1. The van der Waals surface area contributed by atoms with Gasteiger partial charge in [-0.25, -0.2) is 4.98 Å². The highest BCUT2D eigenvalue weighted by molar-refractivity contribution is 5.87. The zero-order valence-corrected chi connectivity index (χ0v) is 18.6. The molecule has 1 amide bonds. The van der Waals surface area contributed by atoms with Crippen molar-refractivity contribution in [3.05, 3.63) is 73.6 Å². The van der Waals surface area contributed by atoms with Crippen LogP contribution in [0.25, 0.3) is 11.2 Å². The molecular formula is C25H25N7O2. The minimum absolute atomic E-state index is 0.0548. The van der Waals surface area contributed by atoms with Crippen LogP contribution in [0, 0.1) is 0 Å². The highest BCUT2D eigenvalue weighted by atomic mass is 16.5. The molecule has 172 valence electrons. The van der Waals surface area contributed by atoms with E-state index in [-0.39, 0.29) is 11.9 Å². The molecule has 0 saturated carbocycles. The molecule has 2 aromatic carbocycles. The molecule has 1 aliphatic rings. The smallest absolute Gasteiger partial charge is 0.246 e. The van der Waals surface area contributed by atoms with Crippen LogP contribution in [0.5, 0.6) is 11.5 Å². The molecule has 2 aromatic heterocycles. The van der Waals surface area contributed by atoms with Crippen molar-refractivity contribution in [3.8, 4) is 11.5 Å². The number of ether oxygens (including phenoxy) is 1. The van der Waals surface area contributed by atoms with Gasteiger partial charge in [0.25, 0.3) is 0 Å². The predicted molar refractivity (Wildman–Crippen MR) is 131 cm³/mol. The van der Waals surface area contributed by atoms with E-state index in [1.165, 1.54) is 6.08 Å². The largest absolute Gasteiger partial charge is 0.457 e. The first-order valence-corrected chi connectivity index (χ1v) is 11.1. The van der Waals surface area contributed by atoms with Crippen molar-refractivity contribution in [2.75, 3.05) is 24.1 Å². The number of amides is 1. The average molecular weight is 456 g/mol. The second-order valence-electron chi connectivity index (χ2n) is 8.11. The second kappa shape index (κ2) is 9.22. The maximum absolute atomic E-state index is 12.1. The summed E-state index contributed by atoms with van der Waals surface area (Å²) in [6.45, 7) is 4.90.